The molecule has 1 saturated carbocycles. The molecular weight excluding hydrogens is 392 g/mol. The number of pyridine rings is 1. The SMILES string of the molecule is Cc1cnc2c(C(=O)N3CCC[C@@H](c4ccc(C(=O)NCC5CC5)cn4)C3)cnn2c1. The van der Waals surface area contributed by atoms with Crippen LogP contribution in [0.2, 0.25) is 0 Å². The number of aryl methyl sites for hydroxylation is 1. The van der Waals surface area contributed by atoms with Crippen LogP contribution in [-0.2, 0) is 0 Å². The molecule has 4 heterocycles. The molecule has 5 rings (SSSR count). The molecule has 3 aromatic heterocycles. The van der Waals surface area contributed by atoms with E-state index in [1.807, 2.05) is 30.2 Å². The Labute approximate surface area is 180 Å². The molecule has 0 aromatic carbocycles. The van der Waals surface area contributed by atoms with Gasteiger partial charge in [-0.05, 0) is 56.2 Å². The first-order valence-electron chi connectivity index (χ1n) is 10.9. The van der Waals surface area contributed by atoms with Crippen LogP contribution >= 0.6 is 0 Å². The van der Waals surface area contributed by atoms with Gasteiger partial charge in [-0.1, -0.05) is 0 Å². The molecule has 8 heteroatoms. The molecule has 2 fully saturated rings. The average Bonchev–Trinajstić information content (AvgIpc) is 3.55. The molecule has 31 heavy (non-hydrogen) atoms. The summed E-state index contributed by atoms with van der Waals surface area (Å²) in [5.41, 5.74) is 3.60. The number of rotatable bonds is 5. The van der Waals surface area contributed by atoms with Gasteiger partial charge in [0.2, 0.25) is 0 Å². The number of nitrogens with one attached hydrogen (secondary N) is 1. The van der Waals surface area contributed by atoms with E-state index >= 15 is 0 Å². The van der Waals surface area contributed by atoms with Gasteiger partial charge >= 0.3 is 0 Å². The number of fused-ring (bicyclic) bond motifs is 1. The molecule has 8 nitrogen and oxygen atoms in total. The highest BCUT2D eigenvalue weighted by atomic mass is 16.2. The summed E-state index contributed by atoms with van der Waals surface area (Å²) >= 11 is 0. The van der Waals surface area contributed by atoms with E-state index < -0.39 is 0 Å². The Kier molecular flexibility index (Phi) is 5.13. The molecule has 3 aromatic rings. The lowest BCUT2D eigenvalue weighted by Gasteiger charge is -2.32. The Balaban J connectivity index is 1.27. The number of carbonyl (C=O) groups is 2. The Hall–Kier alpha value is -3.29. The number of hydrogen-bond acceptors (Lipinski definition) is 5. The number of aromatic nitrogens is 4. The van der Waals surface area contributed by atoms with Crippen LogP contribution in [0.5, 0.6) is 0 Å². The van der Waals surface area contributed by atoms with Gasteiger partial charge in [0, 0.05) is 49.8 Å². The van der Waals surface area contributed by atoms with Gasteiger partial charge in [-0.15, -0.1) is 0 Å². The highest BCUT2D eigenvalue weighted by molar-refractivity contribution is 5.99. The van der Waals surface area contributed by atoms with Crippen LogP contribution in [-0.4, -0.2) is 55.9 Å². The second kappa shape index (κ2) is 8.09. The minimum absolute atomic E-state index is 0.0490. The fourth-order valence-electron chi connectivity index (χ4n) is 4.13. The van der Waals surface area contributed by atoms with Gasteiger partial charge in [-0.3, -0.25) is 14.6 Å². The predicted molar refractivity (Wildman–Crippen MR) is 115 cm³/mol. The number of carbonyl (C=O) groups excluding carboxylic acids is 2. The number of piperidine rings is 1. The zero-order chi connectivity index (χ0) is 21.4. The Morgan fingerprint density at radius 3 is 2.77 bits per heavy atom. The second-order valence-electron chi connectivity index (χ2n) is 8.67. The standard InChI is InChI=1S/C23H26N6O2/c1-15-9-25-21-19(12-27-29(21)13-15)23(31)28-8-2-3-18(14-28)20-7-6-17(11-24-20)22(30)26-10-16-4-5-16/h6-7,9,11-13,16,18H,2-5,8,10,14H2,1H3,(H,26,30)/t18-/m1/s1. The summed E-state index contributed by atoms with van der Waals surface area (Å²) in [6.07, 6.45) is 11.2. The van der Waals surface area contributed by atoms with Crippen molar-refractivity contribution in [2.75, 3.05) is 19.6 Å². The van der Waals surface area contributed by atoms with Gasteiger partial charge in [0.1, 0.15) is 5.56 Å². The summed E-state index contributed by atoms with van der Waals surface area (Å²) < 4.78 is 1.65. The third-order valence-electron chi connectivity index (χ3n) is 6.14. The van der Waals surface area contributed by atoms with Crippen LogP contribution in [0.1, 0.15) is 63.6 Å². The highest BCUT2D eigenvalue weighted by Gasteiger charge is 2.28. The Morgan fingerprint density at radius 1 is 1.13 bits per heavy atom. The maximum absolute atomic E-state index is 13.2. The molecule has 2 amide bonds. The van der Waals surface area contributed by atoms with E-state index in [-0.39, 0.29) is 17.7 Å². The number of likely N-dealkylation sites (tertiary alicyclic amines) is 1. The van der Waals surface area contributed by atoms with Gasteiger partial charge in [0.15, 0.2) is 5.65 Å². The van der Waals surface area contributed by atoms with Gasteiger partial charge in [0.05, 0.1) is 11.8 Å². The normalized spacial score (nSPS) is 18.9. The highest BCUT2D eigenvalue weighted by Crippen LogP contribution is 2.28. The van der Waals surface area contributed by atoms with E-state index in [0.29, 0.717) is 35.8 Å². The van der Waals surface area contributed by atoms with Crippen molar-refractivity contribution in [3.8, 4) is 0 Å². The fourth-order valence-corrected chi connectivity index (χ4v) is 4.13. The smallest absolute Gasteiger partial charge is 0.259 e. The maximum atomic E-state index is 13.2. The van der Waals surface area contributed by atoms with Crippen molar-refractivity contribution in [1.82, 2.24) is 29.8 Å². The average molecular weight is 419 g/mol. The molecule has 1 N–H and O–H groups in total. The molecule has 1 aliphatic heterocycles. The summed E-state index contributed by atoms with van der Waals surface area (Å²) in [5, 5.41) is 7.25. The molecule has 0 radical (unpaired) electrons. The minimum Gasteiger partial charge on any atom is -0.352 e. The third-order valence-corrected chi connectivity index (χ3v) is 6.14. The Morgan fingerprint density at radius 2 is 2.00 bits per heavy atom. The van der Waals surface area contributed by atoms with E-state index in [1.54, 1.807) is 23.1 Å². The topological polar surface area (TPSA) is 92.5 Å². The van der Waals surface area contributed by atoms with E-state index in [1.165, 1.54) is 12.8 Å². The number of nitrogens with zero attached hydrogens (tertiary/aromatic N) is 5. The summed E-state index contributed by atoms with van der Waals surface area (Å²) in [6, 6.07) is 3.76. The lowest BCUT2D eigenvalue weighted by atomic mass is 9.93. The molecule has 0 spiro atoms. The van der Waals surface area contributed by atoms with Crippen LogP contribution in [0.3, 0.4) is 0 Å². The number of hydrogen-bond donors (Lipinski definition) is 1. The number of amides is 2. The molecule has 2 aliphatic rings. The molecular formula is C23H26N6O2. The zero-order valence-corrected chi connectivity index (χ0v) is 17.6. The molecule has 1 saturated heterocycles. The predicted octanol–water partition coefficient (Wildman–Crippen LogP) is 2.59. The molecule has 1 aliphatic carbocycles. The van der Waals surface area contributed by atoms with Crippen molar-refractivity contribution in [1.29, 1.82) is 0 Å². The summed E-state index contributed by atoms with van der Waals surface area (Å²) in [4.78, 5) is 36.2. The van der Waals surface area contributed by atoms with Gasteiger partial charge in [0.25, 0.3) is 11.8 Å². The first-order valence-corrected chi connectivity index (χ1v) is 10.9. The van der Waals surface area contributed by atoms with Gasteiger partial charge < -0.3 is 10.2 Å². The van der Waals surface area contributed by atoms with Gasteiger partial charge in [-0.2, -0.15) is 5.10 Å². The molecule has 160 valence electrons. The van der Waals surface area contributed by atoms with Crippen molar-refractivity contribution in [3.63, 3.8) is 0 Å². The quantitative estimate of drug-likeness (QED) is 0.688. The second-order valence-corrected chi connectivity index (χ2v) is 8.67. The fraction of sp³-hybridized carbons (Fsp3) is 0.435. The molecule has 0 bridgehead atoms. The van der Waals surface area contributed by atoms with Crippen molar-refractivity contribution >= 4 is 17.5 Å². The monoisotopic (exact) mass is 418 g/mol. The summed E-state index contributed by atoms with van der Waals surface area (Å²) in [7, 11) is 0. The lowest BCUT2D eigenvalue weighted by molar-refractivity contribution is 0.0707. The minimum atomic E-state index is -0.0674. The van der Waals surface area contributed by atoms with Crippen molar-refractivity contribution in [3.05, 3.63) is 59.3 Å². The third kappa shape index (κ3) is 4.15. The largest absolute Gasteiger partial charge is 0.352 e. The first kappa shape index (κ1) is 19.7. The van der Waals surface area contributed by atoms with Gasteiger partial charge in [-0.25, -0.2) is 9.50 Å². The van der Waals surface area contributed by atoms with Crippen molar-refractivity contribution < 1.29 is 9.59 Å². The van der Waals surface area contributed by atoms with Crippen LogP contribution in [0, 0.1) is 12.8 Å². The van der Waals surface area contributed by atoms with Crippen molar-refractivity contribution in [2.24, 2.45) is 5.92 Å². The van der Waals surface area contributed by atoms with E-state index in [4.69, 9.17) is 0 Å². The van der Waals surface area contributed by atoms with Crippen LogP contribution in [0.15, 0.2) is 36.9 Å². The summed E-state index contributed by atoms with van der Waals surface area (Å²) in [5.74, 6) is 0.682. The molecule has 0 unspecified atom stereocenters. The zero-order valence-electron chi connectivity index (χ0n) is 17.6. The van der Waals surface area contributed by atoms with E-state index in [9.17, 15) is 9.59 Å². The first-order chi connectivity index (χ1) is 15.1. The molecule has 1 atom stereocenters. The maximum Gasteiger partial charge on any atom is 0.259 e. The van der Waals surface area contributed by atoms with E-state index in [2.05, 4.69) is 20.4 Å². The summed E-state index contributed by atoms with van der Waals surface area (Å²) in [6.45, 7) is 4.00. The lowest BCUT2D eigenvalue weighted by Crippen LogP contribution is -2.39. The van der Waals surface area contributed by atoms with Crippen LogP contribution in [0.25, 0.3) is 5.65 Å². The van der Waals surface area contributed by atoms with E-state index in [0.717, 1.165) is 30.6 Å². The van der Waals surface area contributed by atoms with Crippen LogP contribution < -0.4 is 5.32 Å². The van der Waals surface area contributed by atoms with Crippen LogP contribution in [0.4, 0.5) is 0 Å². The Bertz CT molecular complexity index is 1120. The van der Waals surface area contributed by atoms with Crippen molar-refractivity contribution in [2.45, 2.75) is 38.5 Å².